The van der Waals surface area contributed by atoms with Gasteiger partial charge in [0, 0.05) is 42.1 Å². The number of amides is 2. The lowest BCUT2D eigenvalue weighted by Crippen LogP contribution is -2.44. The molecule has 0 bridgehead atoms. The van der Waals surface area contributed by atoms with Crippen LogP contribution in [0.1, 0.15) is 58.1 Å². The van der Waals surface area contributed by atoms with E-state index in [1.54, 1.807) is 31.9 Å². The van der Waals surface area contributed by atoms with Crippen molar-refractivity contribution in [2.24, 2.45) is 16.5 Å². The number of allylic oxidation sites excluding steroid dienone is 1. The highest BCUT2D eigenvalue weighted by Gasteiger charge is 2.34. The van der Waals surface area contributed by atoms with Crippen LogP contribution in [0.15, 0.2) is 23.3 Å². The van der Waals surface area contributed by atoms with Gasteiger partial charge in [0.1, 0.15) is 5.75 Å². The number of fused-ring (bicyclic) bond motifs is 1. The number of hydrogen-bond donors (Lipinski definition) is 2. The number of anilines is 1. The zero-order chi connectivity index (χ0) is 21.3. The topological polar surface area (TPSA) is 111 Å². The quantitative estimate of drug-likeness (QED) is 0.717. The fourth-order valence-electron chi connectivity index (χ4n) is 3.55. The molecule has 156 valence electrons. The Labute approximate surface area is 171 Å². The number of nitrogens with two attached hydrogens (primary N) is 2. The van der Waals surface area contributed by atoms with E-state index in [0.29, 0.717) is 17.4 Å². The van der Waals surface area contributed by atoms with E-state index in [1.165, 1.54) is 6.20 Å². The van der Waals surface area contributed by atoms with Crippen molar-refractivity contribution in [3.05, 3.63) is 29.5 Å². The molecule has 1 aromatic rings. The van der Waals surface area contributed by atoms with E-state index in [4.69, 9.17) is 16.2 Å². The summed E-state index contributed by atoms with van der Waals surface area (Å²) in [6, 6.07) is 4.23. The molecule has 0 spiro atoms. The third kappa shape index (κ3) is 4.28. The monoisotopic (exact) mass is 398 g/mol. The van der Waals surface area contributed by atoms with E-state index in [0.717, 1.165) is 42.5 Å². The van der Waals surface area contributed by atoms with E-state index >= 15 is 0 Å². The highest BCUT2D eigenvalue weighted by molar-refractivity contribution is 6.11. The molecule has 1 atom stereocenters. The second-order valence-electron chi connectivity index (χ2n) is 8.32. The second-order valence-corrected chi connectivity index (χ2v) is 8.32. The summed E-state index contributed by atoms with van der Waals surface area (Å²) in [5, 5.41) is 0. The largest absolute Gasteiger partial charge is 0.477 e. The Bertz CT molecular complexity index is 884. The van der Waals surface area contributed by atoms with Crippen molar-refractivity contribution in [3.63, 3.8) is 0 Å². The van der Waals surface area contributed by atoms with Gasteiger partial charge in [-0.2, -0.15) is 0 Å². The maximum absolute atomic E-state index is 12.3. The summed E-state index contributed by atoms with van der Waals surface area (Å²) in [5.41, 5.74) is 13.4. The minimum Gasteiger partial charge on any atom is -0.477 e. The molecular weight excluding hydrogens is 368 g/mol. The fraction of sp³-hybridized carbons (Fsp3) is 0.500. The summed E-state index contributed by atoms with van der Waals surface area (Å²) in [6.45, 7) is 6.86. The highest BCUT2D eigenvalue weighted by Crippen LogP contribution is 2.42. The first kappa shape index (κ1) is 20.9. The maximum Gasteiger partial charge on any atom is 0.261 e. The molecule has 4 N–H and O–H groups in total. The zero-order valence-corrected chi connectivity index (χ0v) is 17.6. The molecular formula is C22H30N4O3. The third-order valence-corrected chi connectivity index (χ3v) is 5.50. The lowest BCUT2D eigenvalue weighted by molar-refractivity contribution is -0.130. The van der Waals surface area contributed by atoms with Crippen LogP contribution in [-0.2, 0) is 16.0 Å². The van der Waals surface area contributed by atoms with Gasteiger partial charge in [0.15, 0.2) is 5.60 Å². The second kappa shape index (κ2) is 7.89. The number of aliphatic imine (C=N–C) groups is 1. The van der Waals surface area contributed by atoms with Crippen molar-refractivity contribution in [1.82, 2.24) is 0 Å². The van der Waals surface area contributed by atoms with Crippen LogP contribution in [0.25, 0.3) is 5.57 Å². The molecule has 1 heterocycles. The predicted octanol–water partition coefficient (Wildman–Crippen LogP) is 2.55. The van der Waals surface area contributed by atoms with Crippen molar-refractivity contribution in [1.29, 1.82) is 0 Å². The van der Waals surface area contributed by atoms with Crippen LogP contribution in [0.4, 0.5) is 5.69 Å². The molecule has 2 amide bonds. The van der Waals surface area contributed by atoms with Crippen molar-refractivity contribution < 1.29 is 14.3 Å². The Hall–Kier alpha value is -2.83. The Kier molecular flexibility index (Phi) is 5.68. The van der Waals surface area contributed by atoms with E-state index in [-0.39, 0.29) is 11.9 Å². The Morgan fingerprint density at radius 2 is 1.97 bits per heavy atom. The minimum absolute atomic E-state index is 0.0313. The number of nitrogens with zero attached hydrogens (tertiary/aromatic N) is 2. The standard InChI is InChI=1S/C22H30N4O3/c1-13-5-8-18-19(26(13)14(2)27)10-9-17(15(11-23)12-25-16-6-7-16)20(18)29-22(3,4)21(24)28/h9-13,16H,5-8,23H2,1-4H3,(H2,24,28)/t13-/m0/s1. The van der Waals surface area contributed by atoms with E-state index in [2.05, 4.69) is 4.99 Å². The molecule has 0 aromatic heterocycles. The van der Waals surface area contributed by atoms with Crippen LogP contribution in [0.2, 0.25) is 0 Å². The molecule has 7 nitrogen and oxygen atoms in total. The van der Waals surface area contributed by atoms with Gasteiger partial charge < -0.3 is 21.1 Å². The maximum atomic E-state index is 12.3. The van der Waals surface area contributed by atoms with Gasteiger partial charge in [-0.25, -0.2) is 0 Å². The van der Waals surface area contributed by atoms with Gasteiger partial charge in [-0.05, 0) is 58.6 Å². The Morgan fingerprint density at radius 3 is 2.52 bits per heavy atom. The molecule has 1 fully saturated rings. The first-order valence-electron chi connectivity index (χ1n) is 10.1. The van der Waals surface area contributed by atoms with Crippen molar-refractivity contribution in [2.75, 3.05) is 4.90 Å². The van der Waals surface area contributed by atoms with E-state index < -0.39 is 11.5 Å². The van der Waals surface area contributed by atoms with Crippen LogP contribution in [0, 0.1) is 0 Å². The van der Waals surface area contributed by atoms with Crippen molar-refractivity contribution >= 4 is 29.3 Å². The minimum atomic E-state index is -1.22. The van der Waals surface area contributed by atoms with Gasteiger partial charge in [0.2, 0.25) is 5.91 Å². The average molecular weight is 399 g/mol. The number of primary amides is 1. The van der Waals surface area contributed by atoms with E-state index in [1.807, 2.05) is 19.1 Å². The molecule has 7 heteroatoms. The molecule has 29 heavy (non-hydrogen) atoms. The van der Waals surface area contributed by atoms with Gasteiger partial charge in [-0.3, -0.25) is 14.6 Å². The number of hydrogen-bond acceptors (Lipinski definition) is 5. The normalized spacial score (nSPS) is 19.9. The summed E-state index contributed by atoms with van der Waals surface area (Å²) in [7, 11) is 0. The number of carbonyl (C=O) groups excluding carboxylic acids is 2. The number of ether oxygens (including phenoxy) is 1. The van der Waals surface area contributed by atoms with Crippen LogP contribution in [0.5, 0.6) is 5.75 Å². The average Bonchev–Trinajstić information content (AvgIpc) is 3.47. The molecule has 0 unspecified atom stereocenters. The van der Waals surface area contributed by atoms with Crippen LogP contribution >= 0.6 is 0 Å². The van der Waals surface area contributed by atoms with Crippen LogP contribution in [0.3, 0.4) is 0 Å². The number of carbonyl (C=O) groups is 2. The predicted molar refractivity (Wildman–Crippen MR) is 115 cm³/mol. The van der Waals surface area contributed by atoms with Crippen LogP contribution in [-0.4, -0.2) is 35.7 Å². The Balaban J connectivity index is 2.15. The Morgan fingerprint density at radius 1 is 1.28 bits per heavy atom. The number of benzene rings is 1. The molecule has 1 aliphatic carbocycles. The summed E-state index contributed by atoms with van der Waals surface area (Å²) in [6.07, 6.45) is 6.94. The van der Waals surface area contributed by atoms with Gasteiger partial charge in [0.05, 0.1) is 11.7 Å². The first-order valence-corrected chi connectivity index (χ1v) is 10.1. The molecule has 2 aliphatic rings. The summed E-state index contributed by atoms with van der Waals surface area (Å²) >= 11 is 0. The van der Waals surface area contributed by atoms with Crippen LogP contribution < -0.4 is 21.1 Å². The third-order valence-electron chi connectivity index (χ3n) is 5.50. The highest BCUT2D eigenvalue weighted by atomic mass is 16.5. The molecule has 1 aliphatic heterocycles. The molecule has 3 rings (SSSR count). The molecule has 1 saturated carbocycles. The van der Waals surface area contributed by atoms with Crippen molar-refractivity contribution in [3.8, 4) is 5.75 Å². The van der Waals surface area contributed by atoms with E-state index in [9.17, 15) is 9.59 Å². The molecule has 1 aromatic carbocycles. The van der Waals surface area contributed by atoms with Gasteiger partial charge in [0.25, 0.3) is 5.91 Å². The lowest BCUT2D eigenvalue weighted by atomic mass is 9.91. The van der Waals surface area contributed by atoms with Gasteiger partial charge in [-0.1, -0.05) is 0 Å². The summed E-state index contributed by atoms with van der Waals surface area (Å²) < 4.78 is 6.19. The summed E-state index contributed by atoms with van der Waals surface area (Å²) in [5.74, 6) is -0.0711. The number of rotatable bonds is 6. The zero-order valence-electron chi connectivity index (χ0n) is 17.6. The first-order chi connectivity index (χ1) is 13.7. The smallest absolute Gasteiger partial charge is 0.261 e. The molecule has 0 saturated heterocycles. The summed E-state index contributed by atoms with van der Waals surface area (Å²) in [4.78, 5) is 30.6. The fourth-order valence-corrected chi connectivity index (χ4v) is 3.55. The SMILES string of the molecule is CC(=O)N1c2ccc(C(C=NC3CC3)=CN)c(OC(C)(C)C(N)=O)c2CC[C@@H]1C. The lowest BCUT2D eigenvalue weighted by Gasteiger charge is -2.37. The van der Waals surface area contributed by atoms with Gasteiger partial charge >= 0.3 is 0 Å². The van der Waals surface area contributed by atoms with Crippen molar-refractivity contribution in [2.45, 2.75) is 71.1 Å². The van der Waals surface area contributed by atoms with Gasteiger partial charge in [-0.15, -0.1) is 0 Å². The molecule has 0 radical (unpaired) electrons.